The van der Waals surface area contributed by atoms with Crippen molar-refractivity contribution in [3.8, 4) is 11.8 Å². The summed E-state index contributed by atoms with van der Waals surface area (Å²) in [5, 5.41) is 18.1. The molecule has 82 valence electrons. The van der Waals surface area contributed by atoms with Crippen molar-refractivity contribution in [2.75, 3.05) is 5.75 Å². The molecule has 0 saturated heterocycles. The number of hydrogen-bond acceptors (Lipinski definition) is 4. The predicted octanol–water partition coefficient (Wildman–Crippen LogP) is 2.56. The second-order valence-corrected chi connectivity index (χ2v) is 4.29. The zero-order valence-corrected chi connectivity index (χ0v) is 9.62. The van der Waals surface area contributed by atoms with E-state index in [0.29, 0.717) is 5.75 Å². The number of benzene rings is 1. The maximum Gasteiger partial charge on any atom is 0.186 e. The van der Waals surface area contributed by atoms with Crippen LogP contribution < -0.4 is 0 Å². The lowest BCUT2D eigenvalue weighted by molar-refractivity contribution is -0.109. The molecular formula is C12H11NO2S. The van der Waals surface area contributed by atoms with Crippen LogP contribution >= 0.6 is 11.8 Å². The summed E-state index contributed by atoms with van der Waals surface area (Å²) in [5.74, 6) is 0.583. The Morgan fingerprint density at radius 3 is 2.94 bits per heavy atom. The molecule has 0 saturated carbocycles. The van der Waals surface area contributed by atoms with Crippen LogP contribution in [0.15, 0.2) is 24.3 Å². The Bertz CT molecular complexity index is 461. The molecule has 0 aromatic heterocycles. The highest BCUT2D eigenvalue weighted by molar-refractivity contribution is 8.13. The highest BCUT2D eigenvalue weighted by Crippen LogP contribution is 2.18. The third-order valence-corrected chi connectivity index (χ3v) is 2.60. The largest absolute Gasteiger partial charge is 0.507 e. The highest BCUT2D eigenvalue weighted by atomic mass is 32.2. The number of carbonyl (C=O) groups is 1. The summed E-state index contributed by atoms with van der Waals surface area (Å²) in [6, 6.07) is 6.71. The average Bonchev–Trinajstić information content (AvgIpc) is 2.24. The van der Waals surface area contributed by atoms with Crippen molar-refractivity contribution in [2.24, 2.45) is 0 Å². The molecule has 0 aliphatic heterocycles. The average molecular weight is 233 g/mol. The van der Waals surface area contributed by atoms with Gasteiger partial charge in [-0.25, -0.2) is 0 Å². The maximum atomic E-state index is 10.6. The summed E-state index contributed by atoms with van der Waals surface area (Å²) in [7, 11) is 0. The van der Waals surface area contributed by atoms with Gasteiger partial charge in [-0.05, 0) is 17.7 Å². The normalized spacial score (nSPS) is 10.2. The van der Waals surface area contributed by atoms with Gasteiger partial charge in [0.05, 0.1) is 5.56 Å². The molecule has 0 bridgehead atoms. The first-order valence-electron chi connectivity index (χ1n) is 4.66. The van der Waals surface area contributed by atoms with Gasteiger partial charge >= 0.3 is 0 Å². The smallest absolute Gasteiger partial charge is 0.186 e. The Hall–Kier alpha value is -1.73. The lowest BCUT2D eigenvalue weighted by atomic mass is 10.1. The van der Waals surface area contributed by atoms with E-state index in [0.717, 1.165) is 5.56 Å². The second kappa shape index (κ2) is 5.99. The SMILES string of the molecule is CC(=O)SCC=Cc1ccc(C#N)c(O)c1. The van der Waals surface area contributed by atoms with Gasteiger partial charge in [0.1, 0.15) is 11.8 Å². The first-order valence-corrected chi connectivity index (χ1v) is 5.65. The minimum atomic E-state index is -0.0242. The van der Waals surface area contributed by atoms with Crippen molar-refractivity contribution < 1.29 is 9.90 Å². The van der Waals surface area contributed by atoms with E-state index >= 15 is 0 Å². The van der Waals surface area contributed by atoms with Gasteiger partial charge in [0.2, 0.25) is 0 Å². The predicted molar refractivity (Wildman–Crippen MR) is 65.0 cm³/mol. The summed E-state index contributed by atoms with van der Waals surface area (Å²) >= 11 is 1.22. The third-order valence-electron chi connectivity index (χ3n) is 1.84. The molecule has 16 heavy (non-hydrogen) atoms. The van der Waals surface area contributed by atoms with Gasteiger partial charge in [-0.1, -0.05) is 30.0 Å². The molecule has 0 radical (unpaired) electrons. The third kappa shape index (κ3) is 3.79. The molecule has 3 nitrogen and oxygen atoms in total. The molecule has 4 heteroatoms. The van der Waals surface area contributed by atoms with E-state index in [1.54, 1.807) is 18.2 Å². The highest BCUT2D eigenvalue weighted by Gasteiger charge is 1.99. The Morgan fingerprint density at radius 1 is 1.62 bits per heavy atom. The van der Waals surface area contributed by atoms with Gasteiger partial charge in [-0.15, -0.1) is 0 Å². The number of aromatic hydroxyl groups is 1. The Labute approximate surface area is 98.4 Å². The Balaban J connectivity index is 2.65. The van der Waals surface area contributed by atoms with Crippen LogP contribution in [0, 0.1) is 11.3 Å². The summed E-state index contributed by atoms with van der Waals surface area (Å²) in [4.78, 5) is 10.6. The van der Waals surface area contributed by atoms with Gasteiger partial charge in [-0.3, -0.25) is 4.79 Å². The Kier molecular flexibility index (Phi) is 4.62. The lowest BCUT2D eigenvalue weighted by Crippen LogP contribution is -1.82. The van der Waals surface area contributed by atoms with Crippen LogP contribution in [0.2, 0.25) is 0 Å². The van der Waals surface area contributed by atoms with Gasteiger partial charge in [0.15, 0.2) is 5.12 Å². The van der Waals surface area contributed by atoms with Crippen molar-refractivity contribution in [1.29, 1.82) is 5.26 Å². The zero-order chi connectivity index (χ0) is 12.0. The molecule has 0 amide bonds. The standard InChI is InChI=1S/C12H11NO2S/c1-9(14)16-6-2-3-10-4-5-11(8-13)12(15)7-10/h2-5,7,15H,6H2,1H3. The van der Waals surface area contributed by atoms with Crippen LogP contribution in [0.5, 0.6) is 5.75 Å². The molecule has 0 spiro atoms. The number of thioether (sulfide) groups is 1. The van der Waals surface area contributed by atoms with Gasteiger partial charge in [-0.2, -0.15) is 5.26 Å². The topological polar surface area (TPSA) is 61.1 Å². The number of rotatable bonds is 3. The van der Waals surface area contributed by atoms with Crippen molar-refractivity contribution in [3.63, 3.8) is 0 Å². The van der Waals surface area contributed by atoms with E-state index in [4.69, 9.17) is 5.26 Å². The van der Waals surface area contributed by atoms with Gasteiger partial charge < -0.3 is 5.11 Å². The molecule has 0 fully saturated rings. The van der Waals surface area contributed by atoms with E-state index in [1.165, 1.54) is 24.8 Å². The summed E-state index contributed by atoms with van der Waals surface area (Å²) in [6.45, 7) is 1.52. The Morgan fingerprint density at radius 2 is 2.38 bits per heavy atom. The molecule has 1 rings (SSSR count). The fourth-order valence-electron chi connectivity index (χ4n) is 1.10. The van der Waals surface area contributed by atoms with Crippen LogP contribution in [-0.2, 0) is 4.79 Å². The molecule has 0 aliphatic carbocycles. The van der Waals surface area contributed by atoms with E-state index < -0.39 is 0 Å². The molecule has 0 unspecified atom stereocenters. The van der Waals surface area contributed by atoms with Crippen LogP contribution in [0.1, 0.15) is 18.1 Å². The van der Waals surface area contributed by atoms with E-state index in [9.17, 15) is 9.90 Å². The fourth-order valence-corrected chi connectivity index (χ4v) is 1.52. The quantitative estimate of drug-likeness (QED) is 0.871. The van der Waals surface area contributed by atoms with Crippen molar-refractivity contribution >= 4 is 23.0 Å². The number of nitriles is 1. The summed E-state index contributed by atoms with van der Waals surface area (Å²) < 4.78 is 0. The number of hydrogen-bond donors (Lipinski definition) is 1. The van der Waals surface area contributed by atoms with Gasteiger partial charge in [0, 0.05) is 12.7 Å². The van der Waals surface area contributed by atoms with Crippen molar-refractivity contribution in [2.45, 2.75) is 6.92 Å². The van der Waals surface area contributed by atoms with Crippen LogP contribution in [-0.4, -0.2) is 16.0 Å². The molecule has 1 N–H and O–H groups in total. The second-order valence-electron chi connectivity index (χ2n) is 3.09. The van der Waals surface area contributed by atoms with E-state index in [2.05, 4.69) is 0 Å². The number of phenols is 1. The number of nitrogens with zero attached hydrogens (tertiary/aromatic N) is 1. The van der Waals surface area contributed by atoms with Gasteiger partial charge in [0.25, 0.3) is 0 Å². The molecule has 0 aliphatic rings. The number of carbonyl (C=O) groups excluding carboxylic acids is 1. The van der Waals surface area contributed by atoms with E-state index in [-0.39, 0.29) is 16.4 Å². The fraction of sp³-hybridized carbons (Fsp3) is 0.167. The van der Waals surface area contributed by atoms with Crippen LogP contribution in [0.25, 0.3) is 6.08 Å². The van der Waals surface area contributed by atoms with Crippen molar-refractivity contribution in [1.82, 2.24) is 0 Å². The molecule has 1 aromatic rings. The number of phenolic OH excluding ortho intramolecular Hbond substituents is 1. The molecular weight excluding hydrogens is 222 g/mol. The summed E-state index contributed by atoms with van der Waals surface area (Å²) in [5.41, 5.74) is 1.07. The molecule has 0 heterocycles. The molecule has 0 atom stereocenters. The minimum absolute atomic E-state index is 0.0242. The van der Waals surface area contributed by atoms with Crippen LogP contribution in [0.3, 0.4) is 0 Å². The van der Waals surface area contributed by atoms with Crippen LogP contribution in [0.4, 0.5) is 0 Å². The lowest BCUT2D eigenvalue weighted by Gasteiger charge is -1.97. The van der Waals surface area contributed by atoms with Crippen molar-refractivity contribution in [3.05, 3.63) is 35.4 Å². The first kappa shape index (κ1) is 12.3. The minimum Gasteiger partial charge on any atom is -0.507 e. The maximum absolute atomic E-state index is 10.6. The first-order chi connectivity index (χ1) is 7.63. The molecule has 1 aromatic carbocycles. The monoisotopic (exact) mass is 233 g/mol. The zero-order valence-electron chi connectivity index (χ0n) is 8.80. The van der Waals surface area contributed by atoms with E-state index in [1.807, 2.05) is 12.1 Å². The summed E-state index contributed by atoms with van der Waals surface area (Å²) in [6.07, 6.45) is 3.64.